The third kappa shape index (κ3) is 5.26. The zero-order chi connectivity index (χ0) is 19.4. The molecule has 0 unspecified atom stereocenters. The molecule has 2 aromatic carbocycles. The van der Waals surface area contributed by atoms with E-state index in [1.807, 2.05) is 0 Å². The number of ether oxygens (including phenoxy) is 1. The highest BCUT2D eigenvalue weighted by molar-refractivity contribution is 8.18. The van der Waals surface area contributed by atoms with Gasteiger partial charge in [0.1, 0.15) is 5.75 Å². The van der Waals surface area contributed by atoms with Gasteiger partial charge in [0.15, 0.2) is 11.8 Å². The van der Waals surface area contributed by atoms with Gasteiger partial charge in [0.25, 0.3) is 11.8 Å². The minimum Gasteiger partial charge on any atom is -0.484 e. The molecule has 6 nitrogen and oxygen atoms in total. The first-order valence-corrected chi connectivity index (χ1v) is 9.25. The Morgan fingerprint density at radius 1 is 1.19 bits per heavy atom. The number of anilines is 1. The van der Waals surface area contributed by atoms with E-state index < -0.39 is 0 Å². The molecule has 0 spiro atoms. The molecule has 1 aliphatic rings. The molecule has 9 heteroatoms. The highest BCUT2D eigenvalue weighted by Crippen LogP contribution is 2.26. The molecule has 0 aromatic heterocycles. The number of nitrogens with one attached hydrogen (secondary N) is 3. The quantitative estimate of drug-likeness (QED) is 0.632. The Bertz CT molecular complexity index is 945. The lowest BCUT2D eigenvalue weighted by Gasteiger charge is -2.08. The lowest BCUT2D eigenvalue weighted by molar-refractivity contribution is -0.118. The van der Waals surface area contributed by atoms with Crippen molar-refractivity contribution in [2.45, 2.75) is 0 Å². The zero-order valence-corrected chi connectivity index (χ0v) is 16.0. The summed E-state index contributed by atoms with van der Waals surface area (Å²) in [5.74, 6) is -0.112. The molecule has 1 saturated heterocycles. The van der Waals surface area contributed by atoms with E-state index in [1.165, 1.54) is 0 Å². The summed E-state index contributed by atoms with van der Waals surface area (Å²) in [7, 11) is 0. The second kappa shape index (κ2) is 8.47. The molecule has 0 radical (unpaired) electrons. The minimum absolute atomic E-state index is 0.110. The van der Waals surface area contributed by atoms with Crippen molar-refractivity contribution in [3.05, 3.63) is 63.0 Å². The number of hydrogen-bond donors (Lipinski definition) is 3. The molecule has 0 saturated carbocycles. The van der Waals surface area contributed by atoms with Crippen molar-refractivity contribution in [3.8, 4) is 5.75 Å². The van der Waals surface area contributed by atoms with Crippen LogP contribution in [0.15, 0.2) is 47.4 Å². The summed E-state index contributed by atoms with van der Waals surface area (Å²) in [5.41, 5.74) is 1.31. The fourth-order valence-corrected chi connectivity index (χ4v) is 3.17. The van der Waals surface area contributed by atoms with Crippen molar-refractivity contribution in [1.29, 1.82) is 5.41 Å². The first-order chi connectivity index (χ1) is 12.9. The van der Waals surface area contributed by atoms with Crippen molar-refractivity contribution < 1.29 is 14.3 Å². The third-order valence-corrected chi connectivity index (χ3v) is 4.98. The smallest absolute Gasteiger partial charge is 0.264 e. The number of amides is 2. The number of benzene rings is 2. The fourth-order valence-electron chi connectivity index (χ4n) is 2.17. The standard InChI is InChI=1S/C18H13Cl2N3O3S/c19-13-6-3-11(8-14(13)20)22-16(24)9-26-12-4-1-10(2-5-12)7-15-17(25)23-18(21)27-15/h1-8H,9H2,(H,22,24)(H2,21,23,25)/b15-7-. The molecule has 138 valence electrons. The van der Waals surface area contributed by atoms with Gasteiger partial charge in [-0.25, -0.2) is 0 Å². The summed E-state index contributed by atoms with van der Waals surface area (Å²) in [4.78, 5) is 24.0. The van der Waals surface area contributed by atoms with Crippen molar-refractivity contribution in [1.82, 2.24) is 5.32 Å². The van der Waals surface area contributed by atoms with E-state index in [1.54, 1.807) is 48.5 Å². The normalized spacial score (nSPS) is 15.0. The van der Waals surface area contributed by atoms with Crippen LogP contribution in [0.5, 0.6) is 5.75 Å². The lowest BCUT2D eigenvalue weighted by atomic mass is 10.2. The van der Waals surface area contributed by atoms with Gasteiger partial charge >= 0.3 is 0 Å². The Labute approximate surface area is 169 Å². The Hall–Kier alpha value is -2.48. The first kappa shape index (κ1) is 19.3. The highest BCUT2D eigenvalue weighted by Gasteiger charge is 2.22. The molecule has 2 amide bonds. The Morgan fingerprint density at radius 2 is 1.93 bits per heavy atom. The van der Waals surface area contributed by atoms with Gasteiger partial charge in [0, 0.05) is 5.69 Å². The maximum atomic E-state index is 12.0. The van der Waals surface area contributed by atoms with Crippen LogP contribution in [-0.4, -0.2) is 23.6 Å². The zero-order valence-electron chi connectivity index (χ0n) is 13.7. The van der Waals surface area contributed by atoms with E-state index >= 15 is 0 Å². The first-order valence-electron chi connectivity index (χ1n) is 7.68. The van der Waals surface area contributed by atoms with E-state index in [0.29, 0.717) is 26.4 Å². The van der Waals surface area contributed by atoms with Gasteiger partial charge in [-0.15, -0.1) is 0 Å². The van der Waals surface area contributed by atoms with Crippen molar-refractivity contribution in [2.24, 2.45) is 0 Å². The molecule has 0 aliphatic carbocycles. The highest BCUT2D eigenvalue weighted by atomic mass is 35.5. The molecule has 2 aromatic rings. The van der Waals surface area contributed by atoms with E-state index in [4.69, 9.17) is 33.3 Å². The maximum absolute atomic E-state index is 12.0. The van der Waals surface area contributed by atoms with Crippen molar-refractivity contribution >= 4 is 63.7 Å². The molecular formula is C18H13Cl2N3O3S. The van der Waals surface area contributed by atoms with Gasteiger partial charge in [-0.05, 0) is 53.7 Å². The van der Waals surface area contributed by atoms with E-state index in [-0.39, 0.29) is 23.6 Å². The molecule has 0 bridgehead atoms. The molecule has 3 rings (SSSR count). The summed E-state index contributed by atoms with van der Waals surface area (Å²) in [5, 5.41) is 13.4. The summed E-state index contributed by atoms with van der Waals surface area (Å²) in [6.07, 6.45) is 1.68. The molecule has 1 fully saturated rings. The predicted molar refractivity (Wildman–Crippen MR) is 108 cm³/mol. The van der Waals surface area contributed by atoms with Gasteiger partial charge in [-0.1, -0.05) is 35.3 Å². The fraction of sp³-hybridized carbons (Fsp3) is 0.0556. The summed E-state index contributed by atoms with van der Waals surface area (Å²) in [6, 6.07) is 11.7. The summed E-state index contributed by atoms with van der Waals surface area (Å²) in [6.45, 7) is -0.171. The van der Waals surface area contributed by atoms with Crippen LogP contribution >= 0.6 is 35.0 Å². The van der Waals surface area contributed by atoms with E-state index in [9.17, 15) is 9.59 Å². The second-order valence-corrected chi connectivity index (χ2v) is 7.30. The molecule has 0 atom stereocenters. The molecule has 3 N–H and O–H groups in total. The molecule has 1 aliphatic heterocycles. The van der Waals surface area contributed by atoms with Crippen molar-refractivity contribution in [3.63, 3.8) is 0 Å². The van der Waals surface area contributed by atoms with E-state index in [0.717, 1.165) is 17.3 Å². The average molecular weight is 422 g/mol. The molecular weight excluding hydrogens is 409 g/mol. The number of carbonyl (C=O) groups excluding carboxylic acids is 2. The molecule has 27 heavy (non-hydrogen) atoms. The van der Waals surface area contributed by atoms with Gasteiger partial charge in [-0.2, -0.15) is 0 Å². The number of amidine groups is 1. The monoisotopic (exact) mass is 421 g/mol. The maximum Gasteiger partial charge on any atom is 0.264 e. The van der Waals surface area contributed by atoms with Crippen molar-refractivity contribution in [2.75, 3.05) is 11.9 Å². The van der Waals surface area contributed by atoms with Crippen LogP contribution in [0.4, 0.5) is 5.69 Å². The Kier molecular flexibility index (Phi) is 6.05. The number of rotatable bonds is 5. The molecule has 1 heterocycles. The van der Waals surface area contributed by atoms with E-state index in [2.05, 4.69) is 10.6 Å². The third-order valence-electron chi connectivity index (χ3n) is 3.41. The van der Waals surface area contributed by atoms with Crippen LogP contribution in [0, 0.1) is 5.41 Å². The van der Waals surface area contributed by atoms with Crippen LogP contribution in [0.25, 0.3) is 6.08 Å². The lowest BCUT2D eigenvalue weighted by Crippen LogP contribution is -2.20. The van der Waals surface area contributed by atoms with Gasteiger partial charge < -0.3 is 15.4 Å². The van der Waals surface area contributed by atoms with Gasteiger partial charge in [0.2, 0.25) is 0 Å². The van der Waals surface area contributed by atoms with Crippen LogP contribution in [-0.2, 0) is 9.59 Å². The predicted octanol–water partition coefficient (Wildman–Crippen LogP) is 4.15. The van der Waals surface area contributed by atoms with Gasteiger partial charge in [-0.3, -0.25) is 15.0 Å². The van der Waals surface area contributed by atoms with Crippen LogP contribution in [0.2, 0.25) is 10.0 Å². The topological polar surface area (TPSA) is 91.3 Å². The van der Waals surface area contributed by atoms with Crippen LogP contribution in [0.1, 0.15) is 5.56 Å². The minimum atomic E-state index is -0.336. The van der Waals surface area contributed by atoms with Crippen LogP contribution < -0.4 is 15.4 Å². The SMILES string of the molecule is N=C1NC(=O)/C(=C/c2ccc(OCC(=O)Nc3ccc(Cl)c(Cl)c3)cc2)S1. The van der Waals surface area contributed by atoms with Crippen LogP contribution in [0.3, 0.4) is 0 Å². The summed E-state index contributed by atoms with van der Waals surface area (Å²) < 4.78 is 5.45. The average Bonchev–Trinajstić information content (AvgIpc) is 2.95. The Balaban J connectivity index is 1.54. The number of thioether (sulfide) groups is 1. The largest absolute Gasteiger partial charge is 0.484 e. The Morgan fingerprint density at radius 3 is 2.56 bits per heavy atom. The summed E-state index contributed by atoms with van der Waals surface area (Å²) >= 11 is 12.8. The second-order valence-electron chi connectivity index (χ2n) is 5.43. The number of halogens is 2. The number of hydrogen-bond acceptors (Lipinski definition) is 5. The number of carbonyl (C=O) groups is 2. The van der Waals surface area contributed by atoms with Gasteiger partial charge in [0.05, 0.1) is 15.0 Å².